The lowest BCUT2D eigenvalue weighted by molar-refractivity contribution is 0.602. The second-order valence-corrected chi connectivity index (χ2v) is 2.84. The van der Waals surface area contributed by atoms with E-state index in [2.05, 4.69) is 15.9 Å². The monoisotopic (exact) mass is 222 g/mol. The van der Waals surface area contributed by atoms with Gasteiger partial charge < -0.3 is 11.5 Å². The van der Waals surface area contributed by atoms with Crippen molar-refractivity contribution in [2.45, 2.75) is 0 Å². The Kier molecular flexibility index (Phi) is 1.99. The fourth-order valence-electron chi connectivity index (χ4n) is 0.628. The minimum Gasteiger partial charge on any atom is -0.395 e. The molecule has 0 aliphatic rings. The number of nitrogen functional groups attached to an aromatic ring is 2. The number of benzene rings is 1. The van der Waals surface area contributed by atoms with Crippen LogP contribution >= 0.6 is 15.9 Å². The van der Waals surface area contributed by atoms with Crippen LogP contribution < -0.4 is 11.5 Å². The van der Waals surface area contributed by atoms with Crippen molar-refractivity contribution in [1.29, 1.82) is 0 Å². The van der Waals surface area contributed by atoms with E-state index >= 15 is 0 Å². The number of hydrogen-bond acceptors (Lipinski definition) is 2. The third kappa shape index (κ3) is 1.28. The second kappa shape index (κ2) is 2.65. The molecule has 0 aromatic heterocycles. The highest BCUT2D eigenvalue weighted by Crippen LogP contribution is 2.28. The summed E-state index contributed by atoms with van der Waals surface area (Å²) in [5, 5.41) is 0. The van der Waals surface area contributed by atoms with Crippen LogP contribution in [0.25, 0.3) is 0 Å². The van der Waals surface area contributed by atoms with Gasteiger partial charge in [0.15, 0.2) is 5.82 Å². The molecule has 11 heavy (non-hydrogen) atoms. The van der Waals surface area contributed by atoms with E-state index in [0.717, 1.165) is 6.07 Å². The smallest absolute Gasteiger partial charge is 0.162 e. The van der Waals surface area contributed by atoms with Gasteiger partial charge in [-0.1, -0.05) is 0 Å². The lowest BCUT2D eigenvalue weighted by Gasteiger charge is -2.03. The van der Waals surface area contributed by atoms with Crippen molar-refractivity contribution in [1.82, 2.24) is 0 Å². The highest BCUT2D eigenvalue weighted by Gasteiger charge is 2.11. The lowest BCUT2D eigenvalue weighted by atomic mass is 10.2. The summed E-state index contributed by atoms with van der Waals surface area (Å²) in [5.74, 6) is -1.46. The third-order valence-electron chi connectivity index (χ3n) is 1.25. The Bertz CT molecular complexity index is 275. The molecule has 0 bridgehead atoms. The largest absolute Gasteiger partial charge is 0.395 e. The molecule has 0 saturated heterocycles. The van der Waals surface area contributed by atoms with Crippen LogP contribution in [0.4, 0.5) is 20.2 Å². The second-order valence-electron chi connectivity index (χ2n) is 1.98. The van der Waals surface area contributed by atoms with Crippen LogP contribution in [0.1, 0.15) is 0 Å². The van der Waals surface area contributed by atoms with E-state index in [4.69, 9.17) is 11.5 Å². The minimum atomic E-state index is -0.732. The van der Waals surface area contributed by atoms with E-state index in [1.54, 1.807) is 0 Å². The molecule has 2 nitrogen and oxygen atoms in total. The molecule has 0 atom stereocenters. The van der Waals surface area contributed by atoms with Crippen molar-refractivity contribution >= 4 is 27.3 Å². The Hall–Kier alpha value is -0.840. The topological polar surface area (TPSA) is 52.0 Å². The Morgan fingerprint density at radius 2 is 1.73 bits per heavy atom. The van der Waals surface area contributed by atoms with Crippen molar-refractivity contribution in [2.75, 3.05) is 11.5 Å². The predicted molar refractivity (Wildman–Crippen MR) is 42.9 cm³/mol. The molecule has 60 valence electrons. The zero-order valence-electron chi connectivity index (χ0n) is 5.37. The molecule has 0 radical (unpaired) electrons. The van der Waals surface area contributed by atoms with E-state index in [0.29, 0.717) is 0 Å². The fourth-order valence-corrected chi connectivity index (χ4v) is 1.04. The van der Waals surface area contributed by atoms with Crippen molar-refractivity contribution in [3.05, 3.63) is 22.2 Å². The maximum absolute atomic E-state index is 12.8. The molecule has 1 aromatic carbocycles. The van der Waals surface area contributed by atoms with Gasteiger partial charge in [-0.2, -0.15) is 0 Å². The van der Waals surface area contributed by atoms with Crippen molar-refractivity contribution in [2.24, 2.45) is 0 Å². The SMILES string of the molecule is Nc1c(F)cc(Br)c(F)c1N. The zero-order chi connectivity index (χ0) is 8.59. The highest BCUT2D eigenvalue weighted by atomic mass is 79.9. The van der Waals surface area contributed by atoms with Gasteiger partial charge in [0.2, 0.25) is 0 Å². The molecule has 0 aliphatic heterocycles. The van der Waals surface area contributed by atoms with Gasteiger partial charge in [-0.15, -0.1) is 0 Å². The van der Waals surface area contributed by atoms with Gasteiger partial charge in [0.25, 0.3) is 0 Å². The Labute approximate surface area is 70.3 Å². The van der Waals surface area contributed by atoms with Crippen LogP contribution in [-0.4, -0.2) is 0 Å². The van der Waals surface area contributed by atoms with Crippen LogP contribution in [0.2, 0.25) is 0 Å². The van der Waals surface area contributed by atoms with Crippen LogP contribution in [0.3, 0.4) is 0 Å². The number of halogens is 3. The molecular weight excluding hydrogens is 218 g/mol. The molecule has 0 saturated carbocycles. The van der Waals surface area contributed by atoms with Gasteiger partial charge in [0.1, 0.15) is 5.82 Å². The maximum Gasteiger partial charge on any atom is 0.162 e. The van der Waals surface area contributed by atoms with Gasteiger partial charge in [-0.05, 0) is 22.0 Å². The van der Waals surface area contributed by atoms with Crippen molar-refractivity contribution < 1.29 is 8.78 Å². The van der Waals surface area contributed by atoms with Gasteiger partial charge >= 0.3 is 0 Å². The van der Waals surface area contributed by atoms with Gasteiger partial charge in [0.05, 0.1) is 15.8 Å². The normalized spacial score (nSPS) is 10.1. The number of hydrogen-bond donors (Lipinski definition) is 2. The number of anilines is 2. The molecule has 0 heterocycles. The standard InChI is InChI=1S/C6H5BrF2N2/c7-2-1-3(8)5(10)6(11)4(2)9/h1H,10-11H2. The third-order valence-corrected chi connectivity index (χ3v) is 1.82. The molecule has 0 unspecified atom stereocenters. The molecular formula is C6H5BrF2N2. The van der Waals surface area contributed by atoms with E-state index in [9.17, 15) is 8.78 Å². The summed E-state index contributed by atoms with van der Waals surface area (Å²) in [6, 6.07) is 0.932. The Morgan fingerprint density at radius 1 is 1.18 bits per heavy atom. The summed E-state index contributed by atoms with van der Waals surface area (Å²) in [4.78, 5) is 0. The molecule has 0 aliphatic carbocycles. The minimum absolute atomic E-state index is 0.0262. The van der Waals surface area contributed by atoms with Gasteiger partial charge in [-0.3, -0.25) is 0 Å². The summed E-state index contributed by atoms with van der Waals surface area (Å²) in [6.45, 7) is 0. The zero-order valence-corrected chi connectivity index (χ0v) is 6.95. The summed E-state index contributed by atoms with van der Waals surface area (Å²) in [6.07, 6.45) is 0. The summed E-state index contributed by atoms with van der Waals surface area (Å²) >= 11 is 2.78. The fraction of sp³-hybridized carbons (Fsp3) is 0. The Balaban J connectivity index is 3.46. The summed E-state index contributed by atoms with van der Waals surface area (Å²) in [7, 11) is 0. The first-order valence-corrected chi connectivity index (χ1v) is 3.51. The molecule has 5 heteroatoms. The highest BCUT2D eigenvalue weighted by molar-refractivity contribution is 9.10. The van der Waals surface area contributed by atoms with Crippen molar-refractivity contribution in [3.63, 3.8) is 0 Å². The first-order chi connectivity index (χ1) is 5.04. The molecule has 0 spiro atoms. The Morgan fingerprint density at radius 3 is 2.27 bits per heavy atom. The van der Waals surface area contributed by atoms with Gasteiger partial charge in [-0.25, -0.2) is 8.78 Å². The average Bonchev–Trinajstić information content (AvgIpc) is 1.97. The lowest BCUT2D eigenvalue weighted by Crippen LogP contribution is -2.01. The van der Waals surface area contributed by atoms with Crippen LogP contribution in [0.15, 0.2) is 10.5 Å². The van der Waals surface area contributed by atoms with Crippen molar-refractivity contribution in [3.8, 4) is 0 Å². The molecule has 0 fully saturated rings. The van der Waals surface area contributed by atoms with Crippen LogP contribution in [0, 0.1) is 11.6 Å². The summed E-state index contributed by atoms with van der Waals surface area (Å²) in [5.41, 5.74) is 9.48. The summed E-state index contributed by atoms with van der Waals surface area (Å²) < 4.78 is 25.3. The predicted octanol–water partition coefficient (Wildman–Crippen LogP) is 1.89. The van der Waals surface area contributed by atoms with E-state index in [1.165, 1.54) is 0 Å². The molecule has 0 amide bonds. The maximum atomic E-state index is 12.8. The molecule has 4 N–H and O–H groups in total. The first kappa shape index (κ1) is 8.26. The van der Waals surface area contributed by atoms with E-state index in [-0.39, 0.29) is 15.8 Å². The molecule has 1 aromatic rings. The van der Waals surface area contributed by atoms with Gasteiger partial charge in [0, 0.05) is 0 Å². The van der Waals surface area contributed by atoms with Crippen LogP contribution in [0.5, 0.6) is 0 Å². The quantitative estimate of drug-likeness (QED) is 0.521. The average molecular weight is 223 g/mol. The van der Waals surface area contributed by atoms with E-state index < -0.39 is 11.6 Å². The number of nitrogens with two attached hydrogens (primary N) is 2. The van der Waals surface area contributed by atoms with Crippen LogP contribution in [-0.2, 0) is 0 Å². The molecule has 1 rings (SSSR count). The number of rotatable bonds is 0. The van der Waals surface area contributed by atoms with E-state index in [1.807, 2.05) is 0 Å². The first-order valence-electron chi connectivity index (χ1n) is 2.72.